The predicted octanol–water partition coefficient (Wildman–Crippen LogP) is 2.31. The number of aliphatic hydroxyl groups is 1. The summed E-state index contributed by atoms with van der Waals surface area (Å²) in [4.78, 5) is 14.0. The quantitative estimate of drug-likeness (QED) is 0.870. The Morgan fingerprint density at radius 3 is 2.24 bits per heavy atom. The van der Waals surface area contributed by atoms with Crippen molar-refractivity contribution in [3.8, 4) is 0 Å². The molecule has 0 aliphatic carbocycles. The average Bonchev–Trinajstić information content (AvgIpc) is 2.25. The SMILES string of the molecule is CC(C)N(CC(C)(C)O)C(=O)c1ccccc1. The highest BCUT2D eigenvalue weighted by Gasteiger charge is 2.25. The third-order valence-electron chi connectivity index (χ3n) is 2.46. The lowest BCUT2D eigenvalue weighted by molar-refractivity contribution is 0.0222. The summed E-state index contributed by atoms with van der Waals surface area (Å²) in [6.07, 6.45) is 0. The Hall–Kier alpha value is -1.35. The van der Waals surface area contributed by atoms with Crippen molar-refractivity contribution < 1.29 is 9.90 Å². The van der Waals surface area contributed by atoms with Crippen molar-refractivity contribution in [2.75, 3.05) is 6.54 Å². The molecule has 0 saturated heterocycles. The number of amides is 1. The van der Waals surface area contributed by atoms with Gasteiger partial charge in [0.2, 0.25) is 0 Å². The van der Waals surface area contributed by atoms with Crippen LogP contribution in [0.2, 0.25) is 0 Å². The zero-order chi connectivity index (χ0) is 13.1. The van der Waals surface area contributed by atoms with Crippen LogP contribution in [-0.4, -0.2) is 34.1 Å². The summed E-state index contributed by atoms with van der Waals surface area (Å²) in [6, 6.07) is 9.22. The molecule has 0 heterocycles. The van der Waals surface area contributed by atoms with Gasteiger partial charge in [0.1, 0.15) is 0 Å². The number of carbonyl (C=O) groups excluding carboxylic acids is 1. The van der Waals surface area contributed by atoms with Gasteiger partial charge in [0, 0.05) is 18.2 Å². The number of rotatable bonds is 4. The summed E-state index contributed by atoms with van der Waals surface area (Å²) in [5.74, 6) is -0.0391. The van der Waals surface area contributed by atoms with E-state index in [2.05, 4.69) is 0 Å². The van der Waals surface area contributed by atoms with E-state index in [4.69, 9.17) is 0 Å². The highest BCUT2D eigenvalue weighted by atomic mass is 16.3. The summed E-state index contributed by atoms with van der Waals surface area (Å²) >= 11 is 0. The van der Waals surface area contributed by atoms with Crippen molar-refractivity contribution in [3.05, 3.63) is 35.9 Å². The van der Waals surface area contributed by atoms with Gasteiger partial charge in [-0.1, -0.05) is 18.2 Å². The molecule has 94 valence electrons. The maximum absolute atomic E-state index is 12.3. The summed E-state index contributed by atoms with van der Waals surface area (Å²) in [6.45, 7) is 7.65. The number of nitrogens with zero attached hydrogens (tertiary/aromatic N) is 1. The normalized spacial score (nSPS) is 11.6. The highest BCUT2D eigenvalue weighted by molar-refractivity contribution is 5.94. The van der Waals surface area contributed by atoms with E-state index in [9.17, 15) is 9.90 Å². The number of carbonyl (C=O) groups is 1. The van der Waals surface area contributed by atoms with Crippen LogP contribution in [0.25, 0.3) is 0 Å². The van der Waals surface area contributed by atoms with Crippen LogP contribution >= 0.6 is 0 Å². The van der Waals surface area contributed by atoms with Gasteiger partial charge in [-0.15, -0.1) is 0 Å². The second-order valence-electron chi connectivity index (χ2n) is 5.21. The van der Waals surface area contributed by atoms with Crippen LogP contribution in [0.1, 0.15) is 38.1 Å². The molecule has 0 unspecified atom stereocenters. The van der Waals surface area contributed by atoms with E-state index < -0.39 is 5.60 Å². The lowest BCUT2D eigenvalue weighted by atomic mass is 10.1. The van der Waals surface area contributed by atoms with Crippen LogP contribution in [0.3, 0.4) is 0 Å². The van der Waals surface area contributed by atoms with Gasteiger partial charge >= 0.3 is 0 Å². The molecule has 1 N–H and O–H groups in total. The lowest BCUT2D eigenvalue weighted by Gasteiger charge is -2.32. The van der Waals surface area contributed by atoms with Gasteiger partial charge in [-0.25, -0.2) is 0 Å². The van der Waals surface area contributed by atoms with Crippen molar-refractivity contribution in [2.24, 2.45) is 0 Å². The summed E-state index contributed by atoms with van der Waals surface area (Å²) in [7, 11) is 0. The summed E-state index contributed by atoms with van der Waals surface area (Å²) in [5.41, 5.74) is -0.222. The average molecular weight is 235 g/mol. The molecule has 3 nitrogen and oxygen atoms in total. The molecular formula is C14H21NO2. The lowest BCUT2D eigenvalue weighted by Crippen LogP contribution is -2.45. The van der Waals surface area contributed by atoms with Gasteiger partial charge in [-0.2, -0.15) is 0 Å². The minimum absolute atomic E-state index is 0.0391. The molecule has 0 bridgehead atoms. The molecule has 1 rings (SSSR count). The first-order valence-corrected chi connectivity index (χ1v) is 5.89. The Morgan fingerprint density at radius 2 is 1.82 bits per heavy atom. The molecule has 17 heavy (non-hydrogen) atoms. The van der Waals surface area contributed by atoms with Crippen LogP contribution in [-0.2, 0) is 0 Å². The maximum atomic E-state index is 12.3. The van der Waals surface area contributed by atoms with Gasteiger partial charge in [0.15, 0.2) is 0 Å². The van der Waals surface area contributed by atoms with Crippen molar-refractivity contribution in [1.82, 2.24) is 4.90 Å². The maximum Gasteiger partial charge on any atom is 0.254 e. The molecule has 0 aliphatic heterocycles. The largest absolute Gasteiger partial charge is 0.389 e. The van der Waals surface area contributed by atoms with E-state index in [0.717, 1.165) is 0 Å². The Morgan fingerprint density at radius 1 is 1.29 bits per heavy atom. The topological polar surface area (TPSA) is 40.5 Å². The van der Waals surface area contributed by atoms with E-state index >= 15 is 0 Å². The second kappa shape index (κ2) is 5.32. The fourth-order valence-electron chi connectivity index (χ4n) is 1.65. The van der Waals surface area contributed by atoms with Crippen LogP contribution in [0.4, 0.5) is 0 Å². The smallest absolute Gasteiger partial charge is 0.254 e. The van der Waals surface area contributed by atoms with E-state index in [1.165, 1.54) is 0 Å². The van der Waals surface area contributed by atoms with Gasteiger partial charge in [-0.05, 0) is 39.8 Å². The zero-order valence-electron chi connectivity index (χ0n) is 11.0. The molecule has 0 fully saturated rings. The van der Waals surface area contributed by atoms with Gasteiger partial charge in [0.25, 0.3) is 5.91 Å². The predicted molar refractivity (Wildman–Crippen MR) is 68.9 cm³/mol. The zero-order valence-corrected chi connectivity index (χ0v) is 11.0. The van der Waals surface area contributed by atoms with Crippen LogP contribution in [0, 0.1) is 0 Å². The van der Waals surface area contributed by atoms with Crippen molar-refractivity contribution in [1.29, 1.82) is 0 Å². The Balaban J connectivity index is 2.89. The van der Waals surface area contributed by atoms with E-state index in [1.807, 2.05) is 32.0 Å². The molecule has 1 amide bonds. The molecule has 1 aromatic rings. The molecule has 0 atom stereocenters. The molecule has 0 aromatic heterocycles. The first-order chi connectivity index (χ1) is 7.81. The number of benzene rings is 1. The van der Waals surface area contributed by atoms with Gasteiger partial charge < -0.3 is 10.0 Å². The number of hydrogen-bond donors (Lipinski definition) is 1. The first-order valence-electron chi connectivity index (χ1n) is 5.89. The van der Waals surface area contributed by atoms with E-state index in [1.54, 1.807) is 30.9 Å². The van der Waals surface area contributed by atoms with Crippen LogP contribution in [0.15, 0.2) is 30.3 Å². The van der Waals surface area contributed by atoms with E-state index in [-0.39, 0.29) is 11.9 Å². The van der Waals surface area contributed by atoms with Gasteiger partial charge in [0.05, 0.1) is 5.60 Å². The first kappa shape index (κ1) is 13.7. The molecule has 0 saturated carbocycles. The Kier molecular flexibility index (Phi) is 4.29. The fourth-order valence-corrected chi connectivity index (χ4v) is 1.65. The highest BCUT2D eigenvalue weighted by Crippen LogP contribution is 2.13. The van der Waals surface area contributed by atoms with Crippen molar-refractivity contribution in [3.63, 3.8) is 0 Å². The Bertz CT molecular complexity index is 366. The molecular weight excluding hydrogens is 214 g/mol. The fraction of sp³-hybridized carbons (Fsp3) is 0.500. The standard InChI is InChI=1S/C14H21NO2/c1-11(2)15(10-14(3,4)17)13(16)12-8-6-5-7-9-12/h5-9,11,17H,10H2,1-4H3. The van der Waals surface area contributed by atoms with Gasteiger partial charge in [-0.3, -0.25) is 4.79 Å². The third kappa shape index (κ3) is 4.19. The number of hydrogen-bond acceptors (Lipinski definition) is 2. The molecule has 0 spiro atoms. The monoisotopic (exact) mass is 235 g/mol. The summed E-state index contributed by atoms with van der Waals surface area (Å²) in [5, 5.41) is 9.84. The summed E-state index contributed by atoms with van der Waals surface area (Å²) < 4.78 is 0. The van der Waals surface area contributed by atoms with Crippen LogP contribution < -0.4 is 0 Å². The second-order valence-corrected chi connectivity index (χ2v) is 5.21. The Labute approximate surface area is 103 Å². The molecule has 3 heteroatoms. The molecule has 0 aliphatic rings. The third-order valence-corrected chi connectivity index (χ3v) is 2.46. The van der Waals surface area contributed by atoms with Crippen molar-refractivity contribution >= 4 is 5.91 Å². The minimum atomic E-state index is -0.880. The van der Waals surface area contributed by atoms with E-state index in [0.29, 0.717) is 12.1 Å². The molecule has 0 radical (unpaired) electrons. The minimum Gasteiger partial charge on any atom is -0.389 e. The van der Waals surface area contributed by atoms with Crippen LogP contribution in [0.5, 0.6) is 0 Å². The van der Waals surface area contributed by atoms with Crippen molar-refractivity contribution in [2.45, 2.75) is 39.3 Å². The molecule has 1 aromatic carbocycles.